The van der Waals surface area contributed by atoms with Crippen LogP contribution in [0.2, 0.25) is 0 Å². The Labute approximate surface area is 141 Å². The molecule has 110 valence electrons. The fraction of sp³-hybridized carbons (Fsp3) is 0.312. The molecule has 0 aliphatic rings. The molecule has 2 unspecified atom stereocenters. The molecule has 5 heteroatoms. The second kappa shape index (κ2) is 5.75. The highest BCUT2D eigenvalue weighted by molar-refractivity contribution is 9.10. The quantitative estimate of drug-likeness (QED) is 0.501. The molecule has 0 amide bonds. The van der Waals surface area contributed by atoms with Crippen molar-refractivity contribution >= 4 is 49.9 Å². The minimum absolute atomic E-state index is 0.125. The first-order valence-electron chi connectivity index (χ1n) is 6.85. The first-order chi connectivity index (χ1) is 9.97. The highest BCUT2D eigenvalue weighted by Crippen LogP contribution is 2.34. The van der Waals surface area contributed by atoms with Gasteiger partial charge in [-0.25, -0.2) is 4.98 Å². The Morgan fingerprint density at radius 3 is 2.62 bits per heavy atom. The van der Waals surface area contributed by atoms with Gasteiger partial charge in [0.05, 0.1) is 22.5 Å². The van der Waals surface area contributed by atoms with Crippen molar-refractivity contribution < 1.29 is 0 Å². The summed E-state index contributed by atoms with van der Waals surface area (Å²) in [4.78, 5) is 7.37. The monoisotopic (exact) mass is 382 g/mol. The van der Waals surface area contributed by atoms with Crippen LogP contribution in [0, 0.1) is 6.92 Å². The Morgan fingerprint density at radius 1 is 1.24 bits per heavy atom. The maximum Gasteiger partial charge on any atom is 0.128 e. The normalized spacial score (nSPS) is 14.5. The van der Waals surface area contributed by atoms with Crippen LogP contribution in [-0.2, 0) is 0 Å². The molecule has 0 bridgehead atoms. The van der Waals surface area contributed by atoms with E-state index < -0.39 is 0 Å². The van der Waals surface area contributed by atoms with Crippen LogP contribution in [0.4, 0.5) is 0 Å². The first-order valence-corrected chi connectivity index (χ1v) is 8.89. The molecule has 3 aromatic rings. The minimum Gasteiger partial charge on any atom is -0.319 e. The second-order valence-corrected chi connectivity index (χ2v) is 8.10. The van der Waals surface area contributed by atoms with Gasteiger partial charge in [-0.1, -0.05) is 15.9 Å². The van der Waals surface area contributed by atoms with Gasteiger partial charge in [-0.15, -0.1) is 22.9 Å². The van der Waals surface area contributed by atoms with Gasteiger partial charge in [0.15, 0.2) is 0 Å². The lowest BCUT2D eigenvalue weighted by Gasteiger charge is -2.17. The van der Waals surface area contributed by atoms with Gasteiger partial charge in [0.2, 0.25) is 0 Å². The molecule has 0 N–H and O–H groups in total. The highest BCUT2D eigenvalue weighted by atomic mass is 79.9. The number of hydrogen-bond acceptors (Lipinski definition) is 2. The highest BCUT2D eigenvalue weighted by Gasteiger charge is 2.21. The number of aromatic nitrogens is 2. The van der Waals surface area contributed by atoms with Crippen LogP contribution in [0.3, 0.4) is 0 Å². The van der Waals surface area contributed by atoms with Gasteiger partial charge in [-0.05, 0) is 51.1 Å². The molecule has 0 radical (unpaired) electrons. The maximum absolute atomic E-state index is 6.36. The van der Waals surface area contributed by atoms with Crippen LogP contribution in [0.5, 0.6) is 0 Å². The number of nitrogens with zero attached hydrogens (tertiary/aromatic N) is 2. The van der Waals surface area contributed by atoms with E-state index in [-0.39, 0.29) is 11.4 Å². The van der Waals surface area contributed by atoms with Crippen molar-refractivity contribution in [2.75, 3.05) is 0 Å². The van der Waals surface area contributed by atoms with Gasteiger partial charge in [-0.2, -0.15) is 0 Å². The predicted molar refractivity (Wildman–Crippen MR) is 94.6 cm³/mol. The van der Waals surface area contributed by atoms with Gasteiger partial charge in [0.25, 0.3) is 0 Å². The zero-order valence-corrected chi connectivity index (χ0v) is 15.3. The van der Waals surface area contributed by atoms with Crippen LogP contribution in [0.15, 0.2) is 34.8 Å². The minimum atomic E-state index is -0.125. The standard InChI is InChI=1S/C16H16BrClN2S/c1-9-4-7-15(21-9)11(3)20-14-8-12(17)5-6-13(14)19-16(20)10(2)18/h4-8,10-11H,1-3H3. The summed E-state index contributed by atoms with van der Waals surface area (Å²) in [5, 5.41) is -0.125. The van der Waals surface area contributed by atoms with Crippen molar-refractivity contribution in [2.45, 2.75) is 32.2 Å². The lowest BCUT2D eigenvalue weighted by Crippen LogP contribution is -2.10. The van der Waals surface area contributed by atoms with E-state index in [0.717, 1.165) is 21.3 Å². The molecular weight excluding hydrogens is 368 g/mol. The van der Waals surface area contributed by atoms with Gasteiger partial charge >= 0.3 is 0 Å². The molecule has 0 saturated carbocycles. The van der Waals surface area contributed by atoms with E-state index in [1.165, 1.54) is 9.75 Å². The Hall–Kier alpha value is -0.840. The van der Waals surface area contributed by atoms with Crippen LogP contribution in [0.25, 0.3) is 11.0 Å². The lowest BCUT2D eigenvalue weighted by atomic mass is 10.2. The summed E-state index contributed by atoms with van der Waals surface area (Å²) in [5.41, 5.74) is 2.10. The van der Waals surface area contributed by atoms with Crippen molar-refractivity contribution in [2.24, 2.45) is 0 Å². The Morgan fingerprint density at radius 2 is 2.00 bits per heavy atom. The third-order valence-electron chi connectivity index (χ3n) is 3.59. The van der Waals surface area contributed by atoms with Crippen molar-refractivity contribution in [3.63, 3.8) is 0 Å². The van der Waals surface area contributed by atoms with Crippen LogP contribution < -0.4 is 0 Å². The van der Waals surface area contributed by atoms with Crippen molar-refractivity contribution in [1.82, 2.24) is 9.55 Å². The predicted octanol–water partition coefficient (Wildman–Crippen LogP) is 6.08. The molecule has 0 spiro atoms. The van der Waals surface area contributed by atoms with Gasteiger partial charge in [-0.3, -0.25) is 0 Å². The molecule has 2 aromatic heterocycles. The van der Waals surface area contributed by atoms with E-state index in [9.17, 15) is 0 Å². The van der Waals surface area contributed by atoms with Gasteiger partial charge in [0.1, 0.15) is 5.82 Å². The van der Waals surface area contributed by atoms with Crippen molar-refractivity contribution in [3.05, 3.63) is 50.4 Å². The molecule has 3 rings (SSSR count). The zero-order chi connectivity index (χ0) is 15.1. The Kier molecular flexibility index (Phi) is 4.12. The summed E-state index contributed by atoms with van der Waals surface area (Å²) in [5.74, 6) is 0.920. The van der Waals surface area contributed by atoms with E-state index >= 15 is 0 Å². The third kappa shape index (κ3) is 2.77. The molecule has 0 fully saturated rings. The number of thiophene rings is 1. The van der Waals surface area contributed by atoms with E-state index in [1.807, 2.05) is 30.4 Å². The molecule has 2 atom stereocenters. The number of rotatable bonds is 3. The topological polar surface area (TPSA) is 17.8 Å². The van der Waals surface area contributed by atoms with E-state index in [0.29, 0.717) is 0 Å². The fourth-order valence-electron chi connectivity index (χ4n) is 2.58. The SMILES string of the molecule is Cc1ccc(C(C)n2c(C(C)Cl)nc3ccc(Br)cc32)s1. The number of alkyl halides is 1. The fourth-order valence-corrected chi connectivity index (χ4v) is 4.00. The number of halogens is 2. The molecular formula is C16H16BrClN2S. The summed E-state index contributed by atoms with van der Waals surface area (Å²) < 4.78 is 3.31. The molecule has 1 aromatic carbocycles. The van der Waals surface area contributed by atoms with E-state index in [1.54, 1.807) is 0 Å². The summed E-state index contributed by atoms with van der Waals surface area (Å²) in [6.07, 6.45) is 0. The van der Waals surface area contributed by atoms with Crippen molar-refractivity contribution in [3.8, 4) is 0 Å². The first kappa shape index (κ1) is 15.1. The molecule has 2 nitrogen and oxygen atoms in total. The summed E-state index contributed by atoms with van der Waals surface area (Å²) >= 11 is 11.7. The summed E-state index contributed by atoms with van der Waals surface area (Å²) in [6.45, 7) is 6.31. The number of hydrogen-bond donors (Lipinski definition) is 0. The molecule has 0 aliphatic heterocycles. The number of benzene rings is 1. The average molecular weight is 384 g/mol. The lowest BCUT2D eigenvalue weighted by molar-refractivity contribution is 0.628. The number of aryl methyl sites for hydroxylation is 1. The van der Waals surface area contributed by atoms with E-state index in [4.69, 9.17) is 16.6 Å². The van der Waals surface area contributed by atoms with Crippen LogP contribution in [0.1, 0.15) is 40.8 Å². The van der Waals surface area contributed by atoms with Gasteiger partial charge < -0.3 is 4.57 Å². The Balaban J connectivity index is 2.23. The number of fused-ring (bicyclic) bond motifs is 1. The molecule has 21 heavy (non-hydrogen) atoms. The second-order valence-electron chi connectivity index (χ2n) is 5.21. The van der Waals surface area contributed by atoms with Crippen LogP contribution >= 0.6 is 38.9 Å². The molecule has 0 aliphatic carbocycles. The molecule has 0 saturated heterocycles. The van der Waals surface area contributed by atoms with Gasteiger partial charge in [0, 0.05) is 14.2 Å². The van der Waals surface area contributed by atoms with Crippen LogP contribution in [-0.4, -0.2) is 9.55 Å². The number of imidazole rings is 1. The maximum atomic E-state index is 6.36. The largest absolute Gasteiger partial charge is 0.319 e. The Bertz CT molecular complexity index is 791. The zero-order valence-electron chi connectivity index (χ0n) is 12.1. The summed E-state index contributed by atoms with van der Waals surface area (Å²) in [6, 6.07) is 10.7. The summed E-state index contributed by atoms with van der Waals surface area (Å²) in [7, 11) is 0. The molecule has 2 heterocycles. The smallest absolute Gasteiger partial charge is 0.128 e. The average Bonchev–Trinajstić information content (AvgIpc) is 3.01. The van der Waals surface area contributed by atoms with E-state index in [2.05, 4.69) is 52.5 Å². The van der Waals surface area contributed by atoms with Crippen molar-refractivity contribution in [1.29, 1.82) is 0 Å². The third-order valence-corrected chi connectivity index (χ3v) is 5.45.